The summed E-state index contributed by atoms with van der Waals surface area (Å²) in [6.07, 6.45) is -5.11. The van der Waals surface area contributed by atoms with Crippen molar-refractivity contribution in [3.63, 3.8) is 0 Å². The molecule has 20 heavy (non-hydrogen) atoms. The average Bonchev–Trinajstić information content (AvgIpc) is 2.77. The lowest BCUT2D eigenvalue weighted by atomic mass is 9.86. The van der Waals surface area contributed by atoms with Crippen LogP contribution in [0.1, 0.15) is 17.5 Å². The van der Waals surface area contributed by atoms with E-state index >= 15 is 0 Å². The molecule has 0 amide bonds. The Hall–Kier alpha value is -1.56. The van der Waals surface area contributed by atoms with Crippen molar-refractivity contribution in [1.82, 2.24) is 4.90 Å². The molecule has 0 aliphatic carbocycles. The molecule has 6 heteroatoms. The predicted molar refractivity (Wildman–Crippen MR) is 67.2 cm³/mol. The lowest BCUT2D eigenvalue weighted by molar-refractivity contribution is -0.227. The molecule has 0 aromatic heterocycles. The summed E-state index contributed by atoms with van der Waals surface area (Å²) in [4.78, 5) is 12.6. The molecule has 0 radical (unpaired) electrons. The summed E-state index contributed by atoms with van der Waals surface area (Å²) < 4.78 is 39.2. The normalized spacial score (nSPS) is 24.0. The van der Waals surface area contributed by atoms with E-state index in [1.165, 1.54) is 0 Å². The third kappa shape index (κ3) is 2.52. The highest BCUT2D eigenvalue weighted by Crippen LogP contribution is 2.46. The second kappa shape index (κ2) is 5.09. The Morgan fingerprint density at radius 3 is 2.55 bits per heavy atom. The van der Waals surface area contributed by atoms with E-state index in [-0.39, 0.29) is 6.54 Å². The summed E-state index contributed by atoms with van der Waals surface area (Å²) in [5.74, 6) is -1.78. The molecule has 1 aromatic carbocycles. The first kappa shape index (κ1) is 14.8. The molecule has 0 saturated carbocycles. The van der Waals surface area contributed by atoms with Crippen molar-refractivity contribution in [2.75, 3.05) is 13.1 Å². The largest absolute Gasteiger partial charge is 0.481 e. The summed E-state index contributed by atoms with van der Waals surface area (Å²) in [5.41, 5.74) is -0.710. The molecule has 1 fully saturated rings. The van der Waals surface area contributed by atoms with Crippen LogP contribution in [-0.4, -0.2) is 35.2 Å². The third-order valence-corrected chi connectivity index (χ3v) is 3.96. The van der Waals surface area contributed by atoms with Crippen LogP contribution in [0.4, 0.5) is 13.2 Å². The topological polar surface area (TPSA) is 40.5 Å². The number of carboxylic acids is 1. The number of carboxylic acid groups (broad SMARTS) is 1. The minimum absolute atomic E-state index is 0.139. The first-order chi connectivity index (χ1) is 9.26. The summed E-state index contributed by atoms with van der Waals surface area (Å²) >= 11 is 0. The fraction of sp³-hybridized carbons (Fsp3) is 0.500. The van der Waals surface area contributed by atoms with Gasteiger partial charge in [0.15, 0.2) is 5.41 Å². The lowest BCUT2D eigenvalue weighted by Gasteiger charge is -2.27. The van der Waals surface area contributed by atoms with Crippen molar-refractivity contribution in [2.45, 2.75) is 26.1 Å². The van der Waals surface area contributed by atoms with Gasteiger partial charge in [0.25, 0.3) is 0 Å². The van der Waals surface area contributed by atoms with Gasteiger partial charge >= 0.3 is 12.1 Å². The molecule has 0 bridgehead atoms. The number of nitrogens with zero attached hydrogens (tertiary/aromatic N) is 1. The van der Waals surface area contributed by atoms with Crippen LogP contribution >= 0.6 is 0 Å². The Kier molecular flexibility index (Phi) is 3.77. The lowest BCUT2D eigenvalue weighted by Crippen LogP contribution is -2.47. The van der Waals surface area contributed by atoms with E-state index in [1.54, 1.807) is 4.90 Å². The summed E-state index contributed by atoms with van der Waals surface area (Å²) in [5, 5.41) is 8.99. The van der Waals surface area contributed by atoms with Gasteiger partial charge in [0, 0.05) is 19.6 Å². The summed E-state index contributed by atoms with van der Waals surface area (Å²) in [7, 11) is 0. The van der Waals surface area contributed by atoms with E-state index in [1.807, 2.05) is 31.2 Å². The monoisotopic (exact) mass is 287 g/mol. The number of aryl methyl sites for hydroxylation is 1. The average molecular weight is 287 g/mol. The van der Waals surface area contributed by atoms with Gasteiger partial charge < -0.3 is 5.11 Å². The maximum absolute atomic E-state index is 13.1. The fourth-order valence-electron chi connectivity index (χ4n) is 2.58. The number of hydrogen-bond donors (Lipinski definition) is 1. The maximum atomic E-state index is 13.1. The van der Waals surface area contributed by atoms with Gasteiger partial charge in [0.1, 0.15) is 0 Å². The zero-order valence-electron chi connectivity index (χ0n) is 11.1. The van der Waals surface area contributed by atoms with Gasteiger partial charge in [-0.15, -0.1) is 0 Å². The number of hydrogen-bond acceptors (Lipinski definition) is 2. The Labute approximate surface area is 115 Å². The first-order valence-electron chi connectivity index (χ1n) is 6.33. The van der Waals surface area contributed by atoms with Crippen molar-refractivity contribution in [3.8, 4) is 0 Å². The van der Waals surface area contributed by atoms with Gasteiger partial charge in [0.05, 0.1) is 0 Å². The fourth-order valence-corrected chi connectivity index (χ4v) is 2.58. The Morgan fingerprint density at radius 2 is 2.05 bits per heavy atom. The number of halogens is 3. The zero-order valence-corrected chi connectivity index (χ0v) is 11.1. The van der Waals surface area contributed by atoms with Crippen molar-refractivity contribution in [2.24, 2.45) is 5.41 Å². The Balaban J connectivity index is 2.16. The van der Waals surface area contributed by atoms with Crippen LogP contribution in [0.3, 0.4) is 0 Å². The first-order valence-corrected chi connectivity index (χ1v) is 6.33. The number of rotatable bonds is 3. The third-order valence-electron chi connectivity index (χ3n) is 3.96. The van der Waals surface area contributed by atoms with Gasteiger partial charge in [-0.3, -0.25) is 9.69 Å². The number of benzene rings is 1. The molecule has 1 heterocycles. The molecule has 0 spiro atoms. The minimum atomic E-state index is -4.72. The number of likely N-dealkylation sites (tertiary alicyclic amines) is 1. The van der Waals surface area contributed by atoms with Gasteiger partial charge in [-0.25, -0.2) is 0 Å². The van der Waals surface area contributed by atoms with Crippen molar-refractivity contribution >= 4 is 5.97 Å². The van der Waals surface area contributed by atoms with E-state index in [4.69, 9.17) is 5.11 Å². The van der Waals surface area contributed by atoms with Crippen LogP contribution in [0, 0.1) is 12.3 Å². The molecule has 3 nitrogen and oxygen atoms in total. The van der Waals surface area contributed by atoms with Crippen LogP contribution in [0.25, 0.3) is 0 Å². The van der Waals surface area contributed by atoms with Gasteiger partial charge in [0.2, 0.25) is 0 Å². The second-order valence-corrected chi connectivity index (χ2v) is 5.27. The maximum Gasteiger partial charge on any atom is 0.406 e. The molecule has 1 aliphatic rings. The highest BCUT2D eigenvalue weighted by atomic mass is 19.4. The quantitative estimate of drug-likeness (QED) is 0.929. The predicted octanol–water partition coefficient (Wildman–Crippen LogP) is 2.83. The number of aliphatic carboxylic acids is 1. The second-order valence-electron chi connectivity index (χ2n) is 5.27. The molecular formula is C14H16F3NO2. The van der Waals surface area contributed by atoms with E-state index in [9.17, 15) is 18.0 Å². The summed E-state index contributed by atoms with van der Waals surface area (Å²) in [6.45, 7) is 1.89. The van der Waals surface area contributed by atoms with Crippen LogP contribution in [0.15, 0.2) is 24.3 Å². The Bertz CT molecular complexity index is 515. The molecule has 1 N–H and O–H groups in total. The SMILES string of the molecule is Cc1ccccc1CN1CCC(C(=O)O)(C(F)(F)F)C1. The van der Waals surface area contributed by atoms with Gasteiger partial charge in [-0.1, -0.05) is 24.3 Å². The molecule has 1 aromatic rings. The zero-order chi connectivity index (χ0) is 15.0. The van der Waals surface area contributed by atoms with Crippen LogP contribution in [-0.2, 0) is 11.3 Å². The van der Waals surface area contributed by atoms with E-state index in [0.717, 1.165) is 11.1 Å². The highest BCUT2D eigenvalue weighted by Gasteiger charge is 2.63. The molecule has 1 atom stereocenters. The van der Waals surface area contributed by atoms with E-state index in [2.05, 4.69) is 0 Å². The van der Waals surface area contributed by atoms with E-state index < -0.39 is 30.5 Å². The van der Waals surface area contributed by atoms with E-state index in [0.29, 0.717) is 6.54 Å². The molecule has 1 aliphatic heterocycles. The molecule has 2 rings (SSSR count). The van der Waals surface area contributed by atoms with Crippen molar-refractivity contribution < 1.29 is 23.1 Å². The number of carbonyl (C=O) groups is 1. The number of alkyl halides is 3. The molecule has 1 saturated heterocycles. The van der Waals surface area contributed by atoms with Crippen LogP contribution < -0.4 is 0 Å². The highest BCUT2D eigenvalue weighted by molar-refractivity contribution is 5.76. The van der Waals surface area contributed by atoms with Crippen molar-refractivity contribution in [1.29, 1.82) is 0 Å². The van der Waals surface area contributed by atoms with Crippen molar-refractivity contribution in [3.05, 3.63) is 35.4 Å². The standard InChI is InChI=1S/C14H16F3NO2/c1-10-4-2-3-5-11(10)8-18-7-6-13(9-18,12(19)20)14(15,16)17/h2-5H,6-9H2,1H3,(H,19,20). The Morgan fingerprint density at radius 1 is 1.40 bits per heavy atom. The molecule has 1 unspecified atom stereocenters. The minimum Gasteiger partial charge on any atom is -0.481 e. The molecular weight excluding hydrogens is 271 g/mol. The van der Waals surface area contributed by atoms with Crippen LogP contribution in [0.2, 0.25) is 0 Å². The summed E-state index contributed by atoms with van der Waals surface area (Å²) in [6, 6.07) is 7.43. The van der Waals surface area contributed by atoms with Crippen LogP contribution in [0.5, 0.6) is 0 Å². The smallest absolute Gasteiger partial charge is 0.406 e. The molecule has 110 valence electrons. The van der Waals surface area contributed by atoms with Gasteiger partial charge in [-0.2, -0.15) is 13.2 Å². The van der Waals surface area contributed by atoms with Gasteiger partial charge in [-0.05, 0) is 24.5 Å².